The molecular weight excluding hydrogens is 281 g/mol. The molecular formula is C15H17Cl2NO. The Morgan fingerprint density at radius 3 is 2.79 bits per heavy atom. The van der Waals surface area contributed by atoms with Crippen LogP contribution in [-0.4, -0.2) is 17.9 Å². The Morgan fingerprint density at radius 2 is 2.05 bits per heavy atom. The number of piperidine rings is 1. The third-order valence-electron chi connectivity index (χ3n) is 4.72. The second kappa shape index (κ2) is 4.76. The summed E-state index contributed by atoms with van der Waals surface area (Å²) in [6.45, 7) is 2.08. The molecule has 0 aliphatic carbocycles. The number of halogens is 2. The molecule has 2 nitrogen and oxygen atoms in total. The van der Waals surface area contributed by atoms with E-state index < -0.39 is 0 Å². The molecule has 0 unspecified atom stereocenters. The maximum absolute atomic E-state index is 12.8. The molecule has 4 heteroatoms. The number of hydrogen-bond donors (Lipinski definition) is 1. The first kappa shape index (κ1) is 13.4. The van der Waals surface area contributed by atoms with Gasteiger partial charge in [-0.3, -0.25) is 4.79 Å². The van der Waals surface area contributed by atoms with Crippen LogP contribution in [0.15, 0.2) is 18.2 Å². The van der Waals surface area contributed by atoms with Crippen molar-refractivity contribution in [3.63, 3.8) is 0 Å². The zero-order valence-electron chi connectivity index (χ0n) is 10.9. The Balaban J connectivity index is 1.92. The van der Waals surface area contributed by atoms with Crippen molar-refractivity contribution in [2.24, 2.45) is 5.41 Å². The molecule has 0 radical (unpaired) electrons. The lowest BCUT2D eigenvalue weighted by atomic mass is 9.71. The minimum atomic E-state index is -0.315. The number of carbonyl (C=O) groups is 1. The van der Waals surface area contributed by atoms with Crippen molar-refractivity contribution < 1.29 is 4.79 Å². The lowest BCUT2D eigenvalue weighted by Crippen LogP contribution is -2.51. The summed E-state index contributed by atoms with van der Waals surface area (Å²) in [5, 5.41) is 4.52. The van der Waals surface area contributed by atoms with Gasteiger partial charge in [-0.1, -0.05) is 30.1 Å². The molecule has 0 saturated carbocycles. The van der Waals surface area contributed by atoms with E-state index in [1.807, 2.05) is 0 Å². The van der Waals surface area contributed by atoms with E-state index in [1.54, 1.807) is 18.2 Å². The van der Waals surface area contributed by atoms with Crippen molar-refractivity contribution in [2.45, 2.75) is 44.7 Å². The maximum Gasteiger partial charge on any atom is 0.170 e. The number of rotatable bonds is 2. The fourth-order valence-corrected chi connectivity index (χ4v) is 3.73. The number of ketones is 1. The molecule has 2 fully saturated rings. The van der Waals surface area contributed by atoms with Gasteiger partial charge in [-0.25, -0.2) is 0 Å². The Morgan fingerprint density at radius 1 is 1.26 bits per heavy atom. The fraction of sp³-hybridized carbons (Fsp3) is 0.533. The summed E-state index contributed by atoms with van der Waals surface area (Å²) in [5.74, 6) is 0.184. The van der Waals surface area contributed by atoms with Gasteiger partial charge in [-0.2, -0.15) is 0 Å². The van der Waals surface area contributed by atoms with Crippen LogP contribution in [0.4, 0.5) is 0 Å². The van der Waals surface area contributed by atoms with Crippen molar-refractivity contribution >= 4 is 29.0 Å². The Kier molecular flexibility index (Phi) is 3.36. The highest BCUT2D eigenvalue weighted by Gasteiger charge is 2.48. The van der Waals surface area contributed by atoms with Gasteiger partial charge in [0.1, 0.15) is 0 Å². The topological polar surface area (TPSA) is 29.1 Å². The molecule has 0 aromatic heterocycles. The first-order valence-corrected chi connectivity index (χ1v) is 7.52. The monoisotopic (exact) mass is 297 g/mol. The molecule has 19 heavy (non-hydrogen) atoms. The predicted molar refractivity (Wildman–Crippen MR) is 78.1 cm³/mol. The van der Waals surface area contributed by atoms with Gasteiger partial charge in [0, 0.05) is 23.1 Å². The van der Waals surface area contributed by atoms with Gasteiger partial charge >= 0.3 is 0 Å². The van der Waals surface area contributed by atoms with Crippen LogP contribution < -0.4 is 5.32 Å². The van der Waals surface area contributed by atoms with E-state index in [2.05, 4.69) is 12.2 Å². The third-order valence-corrected chi connectivity index (χ3v) is 5.46. The molecule has 2 heterocycles. The second-order valence-corrected chi connectivity index (χ2v) is 6.72. The highest BCUT2D eigenvalue weighted by atomic mass is 35.5. The Bertz CT molecular complexity index is 531. The molecule has 3 atom stereocenters. The SMILES string of the molecule is C[C@@]1(C(=O)c2ccc(Cl)c(Cl)c2)CC[C@H]2CC[C@H]1N2. The summed E-state index contributed by atoms with van der Waals surface area (Å²) in [6, 6.07) is 6.09. The molecule has 2 saturated heterocycles. The average molecular weight is 298 g/mol. The van der Waals surface area contributed by atoms with Crippen LogP contribution >= 0.6 is 23.2 Å². The van der Waals surface area contributed by atoms with Crippen LogP contribution in [0.2, 0.25) is 10.0 Å². The van der Waals surface area contributed by atoms with Gasteiger partial charge in [-0.05, 0) is 43.9 Å². The first-order valence-electron chi connectivity index (χ1n) is 6.76. The minimum absolute atomic E-state index is 0.184. The summed E-state index contributed by atoms with van der Waals surface area (Å²) in [6.07, 6.45) is 4.32. The summed E-state index contributed by atoms with van der Waals surface area (Å²) in [7, 11) is 0. The van der Waals surface area contributed by atoms with Crippen LogP contribution in [0.25, 0.3) is 0 Å². The van der Waals surface area contributed by atoms with Crippen molar-refractivity contribution in [1.29, 1.82) is 0 Å². The van der Waals surface area contributed by atoms with Crippen LogP contribution in [-0.2, 0) is 0 Å². The second-order valence-electron chi connectivity index (χ2n) is 5.91. The Hall–Kier alpha value is -0.570. The van der Waals surface area contributed by atoms with Crippen LogP contribution in [0.3, 0.4) is 0 Å². The van der Waals surface area contributed by atoms with Gasteiger partial charge in [-0.15, -0.1) is 0 Å². The fourth-order valence-electron chi connectivity index (χ4n) is 3.44. The Labute approximate surface area is 123 Å². The number of carbonyl (C=O) groups excluding carboxylic acids is 1. The standard InChI is InChI=1S/C15H17Cl2NO/c1-15(7-6-10-3-5-13(15)18-10)14(19)9-2-4-11(16)12(17)8-9/h2,4,8,10,13,18H,3,5-7H2,1H3/t10-,13-,15-/m1/s1. The van der Waals surface area contributed by atoms with Gasteiger partial charge in [0.2, 0.25) is 0 Å². The molecule has 2 bridgehead atoms. The summed E-state index contributed by atoms with van der Waals surface area (Å²) < 4.78 is 0. The van der Waals surface area contributed by atoms with Crippen LogP contribution in [0.1, 0.15) is 43.0 Å². The smallest absolute Gasteiger partial charge is 0.170 e. The lowest BCUT2D eigenvalue weighted by Gasteiger charge is -2.39. The van der Waals surface area contributed by atoms with Crippen LogP contribution in [0.5, 0.6) is 0 Å². The molecule has 102 valence electrons. The largest absolute Gasteiger partial charge is 0.310 e. The highest BCUT2D eigenvalue weighted by Crippen LogP contribution is 2.43. The molecule has 0 amide bonds. The van der Waals surface area contributed by atoms with E-state index in [9.17, 15) is 4.79 Å². The van der Waals surface area contributed by atoms with E-state index in [4.69, 9.17) is 23.2 Å². The maximum atomic E-state index is 12.8. The predicted octanol–water partition coefficient (Wildman–Crippen LogP) is 4.10. The van der Waals surface area contributed by atoms with Crippen molar-refractivity contribution in [3.8, 4) is 0 Å². The van der Waals surface area contributed by atoms with Gasteiger partial charge in [0.05, 0.1) is 10.0 Å². The zero-order valence-corrected chi connectivity index (χ0v) is 12.4. The van der Waals surface area contributed by atoms with Crippen molar-refractivity contribution in [2.75, 3.05) is 0 Å². The third kappa shape index (κ3) is 2.20. The van der Waals surface area contributed by atoms with Gasteiger partial charge in [0.25, 0.3) is 0 Å². The van der Waals surface area contributed by atoms with Gasteiger partial charge < -0.3 is 5.32 Å². The summed E-state index contributed by atoms with van der Waals surface area (Å²) in [4.78, 5) is 12.8. The first-order chi connectivity index (χ1) is 9.00. The molecule has 0 spiro atoms. The number of hydrogen-bond acceptors (Lipinski definition) is 2. The molecule has 2 aliphatic rings. The lowest BCUT2D eigenvalue weighted by molar-refractivity contribution is 0.0694. The van der Waals surface area contributed by atoms with E-state index >= 15 is 0 Å². The molecule has 1 N–H and O–H groups in total. The molecule has 1 aromatic rings. The van der Waals surface area contributed by atoms with E-state index in [0.29, 0.717) is 27.7 Å². The summed E-state index contributed by atoms with van der Waals surface area (Å²) >= 11 is 11.9. The van der Waals surface area contributed by atoms with Crippen LogP contribution in [0, 0.1) is 5.41 Å². The highest BCUT2D eigenvalue weighted by molar-refractivity contribution is 6.42. The van der Waals surface area contributed by atoms with Gasteiger partial charge in [0.15, 0.2) is 5.78 Å². The van der Waals surface area contributed by atoms with E-state index in [1.165, 1.54) is 6.42 Å². The van der Waals surface area contributed by atoms with Crippen molar-refractivity contribution in [1.82, 2.24) is 5.32 Å². The molecule has 2 aliphatic heterocycles. The molecule has 3 rings (SSSR count). The quantitative estimate of drug-likeness (QED) is 0.833. The molecule has 1 aromatic carbocycles. The van der Waals surface area contributed by atoms with E-state index in [0.717, 1.165) is 19.3 Å². The zero-order chi connectivity index (χ0) is 13.6. The number of fused-ring (bicyclic) bond motifs is 2. The summed E-state index contributed by atoms with van der Waals surface area (Å²) in [5.41, 5.74) is 0.355. The normalized spacial score (nSPS) is 33.4. The average Bonchev–Trinajstić information content (AvgIpc) is 2.82. The van der Waals surface area contributed by atoms with Crippen molar-refractivity contribution in [3.05, 3.63) is 33.8 Å². The number of nitrogens with one attached hydrogen (secondary N) is 1. The van der Waals surface area contributed by atoms with E-state index in [-0.39, 0.29) is 11.2 Å². The number of Topliss-reactive ketones (excluding diaryl/α,β-unsaturated/α-hetero) is 1. The minimum Gasteiger partial charge on any atom is -0.310 e. The number of benzene rings is 1.